The van der Waals surface area contributed by atoms with Crippen molar-refractivity contribution >= 4 is 22.9 Å². The molecule has 0 aromatic heterocycles. The molecule has 0 heterocycles. The minimum Gasteiger partial charge on any atom is -0.389 e. The van der Waals surface area contributed by atoms with Crippen LogP contribution < -0.4 is 11.1 Å². The van der Waals surface area contributed by atoms with E-state index in [0.717, 1.165) is 0 Å². The summed E-state index contributed by atoms with van der Waals surface area (Å²) in [6.07, 6.45) is 0. The van der Waals surface area contributed by atoms with Gasteiger partial charge in [-0.05, 0) is 18.2 Å². The molecule has 0 spiro atoms. The van der Waals surface area contributed by atoms with Gasteiger partial charge in [0.25, 0.3) is 0 Å². The predicted molar refractivity (Wildman–Crippen MR) is 62.7 cm³/mol. The van der Waals surface area contributed by atoms with Crippen LogP contribution in [0, 0.1) is 5.82 Å². The zero-order chi connectivity index (χ0) is 11.3. The Morgan fingerprint density at radius 1 is 1.60 bits per heavy atom. The summed E-state index contributed by atoms with van der Waals surface area (Å²) in [5.41, 5.74) is 6.33. The molecule has 0 bridgehead atoms. The maximum Gasteiger partial charge on any atom is 0.146 e. The molecule has 0 atom stereocenters. The third-order valence-corrected chi connectivity index (χ3v) is 2.11. The van der Waals surface area contributed by atoms with Crippen LogP contribution in [-0.4, -0.2) is 25.2 Å². The molecule has 0 aliphatic heterocycles. The molecule has 0 aliphatic rings. The van der Waals surface area contributed by atoms with Gasteiger partial charge in [0, 0.05) is 19.2 Å². The van der Waals surface area contributed by atoms with Crippen molar-refractivity contribution in [3.63, 3.8) is 0 Å². The van der Waals surface area contributed by atoms with Crippen LogP contribution in [0.3, 0.4) is 0 Å². The van der Waals surface area contributed by atoms with Crippen molar-refractivity contribution in [2.45, 2.75) is 0 Å². The van der Waals surface area contributed by atoms with Crippen LogP contribution in [-0.2, 0) is 4.74 Å². The summed E-state index contributed by atoms with van der Waals surface area (Å²) in [6.45, 7) is 1.08. The second-order valence-corrected chi connectivity index (χ2v) is 3.42. The lowest BCUT2D eigenvalue weighted by atomic mass is 10.2. The Hall–Kier alpha value is -1.20. The Bertz CT molecular complexity index is 357. The average molecular weight is 228 g/mol. The normalized spacial score (nSPS) is 10.0. The van der Waals surface area contributed by atoms with Crippen molar-refractivity contribution in [2.24, 2.45) is 5.73 Å². The van der Waals surface area contributed by atoms with Crippen molar-refractivity contribution in [3.05, 3.63) is 29.6 Å². The number of hydrogen-bond acceptors (Lipinski definition) is 3. The van der Waals surface area contributed by atoms with Gasteiger partial charge in [-0.15, -0.1) is 0 Å². The maximum absolute atomic E-state index is 13.4. The molecule has 1 aromatic rings. The number of anilines is 1. The largest absolute Gasteiger partial charge is 0.389 e. The molecule has 5 heteroatoms. The fourth-order valence-corrected chi connectivity index (χ4v) is 1.23. The van der Waals surface area contributed by atoms with Crippen molar-refractivity contribution < 1.29 is 9.13 Å². The van der Waals surface area contributed by atoms with E-state index in [2.05, 4.69) is 5.32 Å². The minimum atomic E-state index is -0.364. The average Bonchev–Trinajstić information content (AvgIpc) is 2.20. The Morgan fingerprint density at radius 3 is 2.87 bits per heavy atom. The van der Waals surface area contributed by atoms with E-state index in [9.17, 15) is 4.39 Å². The number of rotatable bonds is 5. The van der Waals surface area contributed by atoms with Gasteiger partial charge in [-0.3, -0.25) is 0 Å². The first-order chi connectivity index (χ1) is 7.15. The van der Waals surface area contributed by atoms with Crippen molar-refractivity contribution in [3.8, 4) is 0 Å². The number of methoxy groups -OCH3 is 1. The summed E-state index contributed by atoms with van der Waals surface area (Å²) in [6, 6.07) is 4.61. The summed E-state index contributed by atoms with van der Waals surface area (Å²) >= 11 is 4.74. The highest BCUT2D eigenvalue weighted by Crippen LogP contribution is 2.15. The first-order valence-electron chi connectivity index (χ1n) is 4.47. The van der Waals surface area contributed by atoms with Gasteiger partial charge in [-0.2, -0.15) is 0 Å². The number of nitrogens with one attached hydrogen (secondary N) is 1. The monoisotopic (exact) mass is 228 g/mol. The molecule has 3 N–H and O–H groups in total. The second kappa shape index (κ2) is 5.63. The Labute approximate surface area is 93.4 Å². The van der Waals surface area contributed by atoms with Crippen LogP contribution in [0.4, 0.5) is 10.1 Å². The highest BCUT2D eigenvalue weighted by atomic mass is 32.1. The number of thiocarbonyl (C=S) groups is 1. The zero-order valence-corrected chi connectivity index (χ0v) is 9.23. The lowest BCUT2D eigenvalue weighted by Crippen LogP contribution is -2.12. The first kappa shape index (κ1) is 11.9. The third kappa shape index (κ3) is 3.45. The molecular weight excluding hydrogens is 215 g/mol. The van der Waals surface area contributed by atoms with Gasteiger partial charge in [-0.25, -0.2) is 4.39 Å². The first-order valence-corrected chi connectivity index (χ1v) is 4.88. The van der Waals surface area contributed by atoms with Crippen LogP contribution in [0.5, 0.6) is 0 Å². The standard InChI is InChI=1S/C10H13FN2OS/c1-14-5-4-13-9-3-2-7(10(12)15)6-8(9)11/h2-3,6,13H,4-5H2,1H3,(H2,12,15). The SMILES string of the molecule is COCCNc1ccc(C(N)=S)cc1F. The predicted octanol–water partition coefficient (Wildman–Crippen LogP) is 1.52. The number of ether oxygens (including phenoxy) is 1. The van der Waals surface area contributed by atoms with E-state index < -0.39 is 0 Å². The number of halogens is 1. The van der Waals surface area contributed by atoms with Crippen LogP contribution >= 0.6 is 12.2 Å². The Morgan fingerprint density at radius 2 is 2.33 bits per heavy atom. The van der Waals surface area contributed by atoms with E-state index in [1.807, 2.05) is 0 Å². The molecule has 82 valence electrons. The fourth-order valence-electron chi connectivity index (χ4n) is 1.10. The molecule has 0 aliphatic carbocycles. The molecule has 0 fully saturated rings. The Balaban J connectivity index is 2.70. The summed E-state index contributed by atoms with van der Waals surface area (Å²) in [5.74, 6) is -0.364. The smallest absolute Gasteiger partial charge is 0.146 e. The van der Waals surface area contributed by atoms with Gasteiger partial charge >= 0.3 is 0 Å². The van der Waals surface area contributed by atoms with E-state index in [1.54, 1.807) is 19.2 Å². The number of nitrogens with two attached hydrogens (primary N) is 1. The summed E-state index contributed by atoms with van der Waals surface area (Å²) < 4.78 is 18.3. The van der Waals surface area contributed by atoms with Gasteiger partial charge in [-0.1, -0.05) is 12.2 Å². The topological polar surface area (TPSA) is 47.3 Å². The second-order valence-electron chi connectivity index (χ2n) is 2.98. The molecule has 0 saturated carbocycles. The molecule has 0 radical (unpaired) electrons. The van der Waals surface area contributed by atoms with E-state index >= 15 is 0 Å². The summed E-state index contributed by atoms with van der Waals surface area (Å²) in [7, 11) is 1.59. The van der Waals surface area contributed by atoms with Gasteiger partial charge in [0.05, 0.1) is 12.3 Å². The van der Waals surface area contributed by atoms with Gasteiger partial charge < -0.3 is 15.8 Å². The highest BCUT2D eigenvalue weighted by molar-refractivity contribution is 7.80. The number of hydrogen-bond donors (Lipinski definition) is 2. The molecule has 0 amide bonds. The highest BCUT2D eigenvalue weighted by Gasteiger charge is 2.04. The van der Waals surface area contributed by atoms with E-state index in [0.29, 0.717) is 24.4 Å². The summed E-state index contributed by atoms with van der Waals surface area (Å²) in [5, 5.41) is 2.90. The summed E-state index contributed by atoms with van der Waals surface area (Å²) in [4.78, 5) is 0.192. The lowest BCUT2D eigenvalue weighted by Gasteiger charge is -2.07. The maximum atomic E-state index is 13.4. The molecular formula is C10H13FN2OS. The molecule has 1 rings (SSSR count). The van der Waals surface area contributed by atoms with E-state index in [1.165, 1.54) is 6.07 Å². The van der Waals surface area contributed by atoms with Crippen molar-refractivity contribution in [1.29, 1.82) is 0 Å². The quantitative estimate of drug-likeness (QED) is 0.592. The van der Waals surface area contributed by atoms with Crippen molar-refractivity contribution in [1.82, 2.24) is 0 Å². The number of benzene rings is 1. The lowest BCUT2D eigenvalue weighted by molar-refractivity contribution is 0.210. The minimum absolute atomic E-state index is 0.192. The van der Waals surface area contributed by atoms with Gasteiger partial charge in [0.2, 0.25) is 0 Å². The van der Waals surface area contributed by atoms with Gasteiger partial charge in [0.15, 0.2) is 0 Å². The van der Waals surface area contributed by atoms with Gasteiger partial charge in [0.1, 0.15) is 10.8 Å². The van der Waals surface area contributed by atoms with Crippen LogP contribution in [0.2, 0.25) is 0 Å². The van der Waals surface area contributed by atoms with Crippen LogP contribution in [0.1, 0.15) is 5.56 Å². The third-order valence-electron chi connectivity index (χ3n) is 1.88. The molecule has 3 nitrogen and oxygen atoms in total. The van der Waals surface area contributed by atoms with Crippen molar-refractivity contribution in [2.75, 3.05) is 25.6 Å². The van der Waals surface area contributed by atoms with Crippen LogP contribution in [0.25, 0.3) is 0 Å². The molecule has 0 unspecified atom stereocenters. The molecule has 1 aromatic carbocycles. The molecule has 0 saturated heterocycles. The zero-order valence-electron chi connectivity index (χ0n) is 8.42. The van der Waals surface area contributed by atoms with E-state index in [4.69, 9.17) is 22.7 Å². The van der Waals surface area contributed by atoms with Crippen LogP contribution in [0.15, 0.2) is 18.2 Å². The molecule has 15 heavy (non-hydrogen) atoms. The van der Waals surface area contributed by atoms with E-state index in [-0.39, 0.29) is 10.8 Å². The fraction of sp³-hybridized carbons (Fsp3) is 0.300. The Kier molecular flexibility index (Phi) is 4.45.